The van der Waals surface area contributed by atoms with E-state index in [1.54, 1.807) is 12.1 Å². The topological polar surface area (TPSA) is 41.1 Å². The van der Waals surface area contributed by atoms with E-state index in [0.717, 1.165) is 18.5 Å². The van der Waals surface area contributed by atoms with Gasteiger partial charge in [-0.15, -0.1) is 0 Å². The van der Waals surface area contributed by atoms with E-state index in [-0.39, 0.29) is 23.7 Å². The molecule has 3 nitrogen and oxygen atoms in total. The molecule has 2 atom stereocenters. The largest absolute Gasteiger partial charge is 0.352 e. The van der Waals surface area contributed by atoms with E-state index in [2.05, 4.69) is 10.6 Å². The van der Waals surface area contributed by atoms with Crippen LogP contribution in [0.1, 0.15) is 18.9 Å². The molecular weight excluding hydrogens is 243 g/mol. The lowest BCUT2D eigenvalue weighted by molar-refractivity contribution is -0.125. The number of hydrogen-bond donors (Lipinski definition) is 2. The molecule has 1 amide bonds. The number of allylic oxidation sites excluding steroid dienone is 1. The minimum Gasteiger partial charge on any atom is -0.352 e. The van der Waals surface area contributed by atoms with Crippen molar-refractivity contribution in [3.63, 3.8) is 0 Å². The van der Waals surface area contributed by atoms with Gasteiger partial charge in [-0.25, -0.2) is 4.39 Å². The lowest BCUT2D eigenvalue weighted by Gasteiger charge is -2.21. The third-order valence-electron chi connectivity index (χ3n) is 3.43. The molecule has 1 aromatic carbocycles. The molecule has 0 bridgehead atoms. The summed E-state index contributed by atoms with van der Waals surface area (Å²) in [4.78, 5) is 12.1. The Balaban J connectivity index is 1.89. The van der Waals surface area contributed by atoms with Crippen molar-refractivity contribution in [2.45, 2.75) is 25.9 Å². The third-order valence-corrected chi connectivity index (χ3v) is 3.43. The molecule has 0 saturated carbocycles. The number of rotatable bonds is 3. The molecule has 1 heterocycles. The number of carbonyl (C=O) groups is 1. The molecule has 1 aliphatic rings. The van der Waals surface area contributed by atoms with E-state index in [1.165, 1.54) is 12.1 Å². The number of benzene rings is 1. The Hall–Kier alpha value is -1.68. The van der Waals surface area contributed by atoms with Gasteiger partial charge in [-0.1, -0.05) is 24.3 Å². The highest BCUT2D eigenvalue weighted by atomic mass is 19.1. The molecule has 19 heavy (non-hydrogen) atoms. The van der Waals surface area contributed by atoms with E-state index in [1.807, 2.05) is 19.1 Å². The fourth-order valence-electron chi connectivity index (χ4n) is 2.18. The van der Waals surface area contributed by atoms with Crippen LogP contribution >= 0.6 is 0 Å². The van der Waals surface area contributed by atoms with Crippen LogP contribution in [0.15, 0.2) is 36.4 Å². The van der Waals surface area contributed by atoms with Gasteiger partial charge in [0.25, 0.3) is 0 Å². The van der Waals surface area contributed by atoms with E-state index in [4.69, 9.17) is 0 Å². The minimum atomic E-state index is -0.262. The van der Waals surface area contributed by atoms with Gasteiger partial charge in [0, 0.05) is 19.1 Å². The molecule has 0 spiro atoms. The Labute approximate surface area is 112 Å². The highest BCUT2D eigenvalue weighted by molar-refractivity contribution is 5.79. The average Bonchev–Trinajstić information content (AvgIpc) is 2.62. The predicted octanol–water partition coefficient (Wildman–Crippen LogP) is 2.00. The quantitative estimate of drug-likeness (QED) is 0.818. The maximum Gasteiger partial charge on any atom is 0.225 e. The summed E-state index contributed by atoms with van der Waals surface area (Å²) < 4.78 is 12.8. The van der Waals surface area contributed by atoms with Crippen LogP contribution in [0.4, 0.5) is 4.39 Å². The van der Waals surface area contributed by atoms with Crippen LogP contribution in [0.25, 0.3) is 0 Å². The highest BCUT2D eigenvalue weighted by Gasteiger charge is 2.24. The Morgan fingerprint density at radius 1 is 1.37 bits per heavy atom. The Morgan fingerprint density at radius 2 is 2.11 bits per heavy atom. The number of hydrogen-bond acceptors (Lipinski definition) is 2. The van der Waals surface area contributed by atoms with Crippen molar-refractivity contribution < 1.29 is 9.18 Å². The smallest absolute Gasteiger partial charge is 0.225 e. The highest BCUT2D eigenvalue weighted by Crippen LogP contribution is 2.13. The molecule has 0 radical (unpaired) electrons. The zero-order valence-electron chi connectivity index (χ0n) is 11.0. The SMILES string of the molecule is C[C@H]1NCC=CC[C@H]1C(=O)NCc1ccc(F)cc1. The molecule has 4 heteroatoms. The van der Waals surface area contributed by atoms with E-state index >= 15 is 0 Å². The molecule has 1 aromatic rings. The van der Waals surface area contributed by atoms with Crippen molar-refractivity contribution >= 4 is 5.91 Å². The maximum atomic E-state index is 12.8. The van der Waals surface area contributed by atoms with Crippen LogP contribution < -0.4 is 10.6 Å². The first-order chi connectivity index (χ1) is 9.16. The van der Waals surface area contributed by atoms with Gasteiger partial charge in [0.05, 0.1) is 5.92 Å². The average molecular weight is 262 g/mol. The van der Waals surface area contributed by atoms with Crippen LogP contribution in [-0.4, -0.2) is 18.5 Å². The lowest BCUT2D eigenvalue weighted by Crippen LogP contribution is -2.41. The summed E-state index contributed by atoms with van der Waals surface area (Å²) in [6.07, 6.45) is 4.84. The van der Waals surface area contributed by atoms with E-state index in [9.17, 15) is 9.18 Å². The first kappa shape index (κ1) is 13.7. The zero-order chi connectivity index (χ0) is 13.7. The van der Waals surface area contributed by atoms with E-state index < -0.39 is 0 Å². The zero-order valence-corrected chi connectivity index (χ0v) is 11.0. The summed E-state index contributed by atoms with van der Waals surface area (Å²) in [5.74, 6) is -0.281. The molecule has 0 aliphatic carbocycles. The molecule has 102 valence electrons. The summed E-state index contributed by atoms with van der Waals surface area (Å²) in [7, 11) is 0. The number of carbonyl (C=O) groups excluding carboxylic acids is 1. The summed E-state index contributed by atoms with van der Waals surface area (Å²) in [6, 6.07) is 6.33. The fourth-order valence-corrected chi connectivity index (χ4v) is 2.18. The second-order valence-corrected chi connectivity index (χ2v) is 4.85. The number of halogens is 1. The molecule has 2 rings (SSSR count). The van der Waals surface area contributed by atoms with Crippen molar-refractivity contribution in [1.82, 2.24) is 10.6 Å². The minimum absolute atomic E-state index is 0.0378. The number of amides is 1. The van der Waals surface area contributed by atoms with Gasteiger partial charge in [-0.05, 0) is 31.0 Å². The normalized spacial score (nSPS) is 22.8. The molecule has 2 N–H and O–H groups in total. The summed E-state index contributed by atoms with van der Waals surface area (Å²) in [6.45, 7) is 3.27. The lowest BCUT2D eigenvalue weighted by atomic mass is 9.97. The summed E-state index contributed by atoms with van der Waals surface area (Å²) >= 11 is 0. The summed E-state index contributed by atoms with van der Waals surface area (Å²) in [5, 5.41) is 6.19. The van der Waals surface area contributed by atoms with Crippen LogP contribution in [0.3, 0.4) is 0 Å². The molecular formula is C15H19FN2O. The Morgan fingerprint density at radius 3 is 2.84 bits per heavy atom. The first-order valence-corrected chi connectivity index (χ1v) is 6.57. The molecule has 0 fully saturated rings. The van der Waals surface area contributed by atoms with Gasteiger partial charge < -0.3 is 10.6 Å². The van der Waals surface area contributed by atoms with Crippen LogP contribution in [0, 0.1) is 11.7 Å². The van der Waals surface area contributed by atoms with Crippen LogP contribution in [-0.2, 0) is 11.3 Å². The van der Waals surface area contributed by atoms with Crippen molar-refractivity contribution in [2.24, 2.45) is 5.92 Å². The maximum absolute atomic E-state index is 12.8. The first-order valence-electron chi connectivity index (χ1n) is 6.57. The van der Waals surface area contributed by atoms with Gasteiger partial charge in [0.2, 0.25) is 5.91 Å². The van der Waals surface area contributed by atoms with E-state index in [0.29, 0.717) is 6.54 Å². The van der Waals surface area contributed by atoms with Crippen LogP contribution in [0.2, 0.25) is 0 Å². The Bertz CT molecular complexity index is 456. The molecule has 0 unspecified atom stereocenters. The van der Waals surface area contributed by atoms with Gasteiger partial charge in [0.15, 0.2) is 0 Å². The van der Waals surface area contributed by atoms with Gasteiger partial charge in [0.1, 0.15) is 5.82 Å². The van der Waals surface area contributed by atoms with Gasteiger partial charge in [-0.3, -0.25) is 4.79 Å². The number of nitrogens with one attached hydrogen (secondary N) is 2. The van der Waals surface area contributed by atoms with Gasteiger partial charge in [-0.2, -0.15) is 0 Å². The van der Waals surface area contributed by atoms with Gasteiger partial charge >= 0.3 is 0 Å². The molecule has 0 saturated heterocycles. The monoisotopic (exact) mass is 262 g/mol. The van der Waals surface area contributed by atoms with Crippen molar-refractivity contribution in [3.05, 3.63) is 47.8 Å². The second kappa shape index (κ2) is 6.48. The van der Waals surface area contributed by atoms with Crippen LogP contribution in [0.5, 0.6) is 0 Å². The van der Waals surface area contributed by atoms with Crippen molar-refractivity contribution in [2.75, 3.05) is 6.54 Å². The fraction of sp³-hybridized carbons (Fsp3) is 0.400. The standard InChI is InChI=1S/C15H19FN2O/c1-11-14(4-2-3-9-17-11)15(19)18-10-12-5-7-13(16)8-6-12/h2-3,5-8,11,14,17H,4,9-10H2,1H3,(H,18,19)/t11-,14-/m1/s1. The third kappa shape index (κ3) is 3.89. The summed E-state index contributed by atoms with van der Waals surface area (Å²) in [5.41, 5.74) is 0.902. The van der Waals surface area contributed by atoms with Crippen molar-refractivity contribution in [1.29, 1.82) is 0 Å². The van der Waals surface area contributed by atoms with Crippen molar-refractivity contribution in [3.8, 4) is 0 Å². The Kier molecular flexibility index (Phi) is 4.68. The molecule has 1 aliphatic heterocycles. The predicted molar refractivity (Wildman–Crippen MR) is 73.0 cm³/mol. The second-order valence-electron chi connectivity index (χ2n) is 4.85. The molecule has 0 aromatic heterocycles.